The Bertz CT molecular complexity index is 743. The number of hydrogen-bond donors (Lipinski definition) is 1. The van der Waals surface area contributed by atoms with Crippen molar-refractivity contribution in [2.75, 3.05) is 57.3 Å². The largest absolute Gasteiger partial charge is 0.492 e. The fourth-order valence-corrected chi connectivity index (χ4v) is 3.99. The number of aliphatic imine (C=N–C) groups is 1. The molecule has 1 aromatic carbocycles. The SMILES string of the molecule is CCN(CC)CCOc1ccc(CN=C(N)N2CCN(c3nccs3)CC2)cc1.I. The Hall–Kier alpha value is -1.59. The summed E-state index contributed by atoms with van der Waals surface area (Å²) in [7, 11) is 0. The van der Waals surface area contributed by atoms with E-state index in [4.69, 9.17) is 10.5 Å². The monoisotopic (exact) mass is 544 g/mol. The molecule has 1 aliphatic heterocycles. The van der Waals surface area contributed by atoms with Crippen LogP contribution in [-0.2, 0) is 6.54 Å². The third-order valence-corrected chi connectivity index (χ3v) is 6.04. The molecule has 0 aliphatic carbocycles. The lowest BCUT2D eigenvalue weighted by atomic mass is 10.2. The van der Waals surface area contributed by atoms with Crippen LogP contribution in [-0.4, -0.2) is 73.2 Å². The van der Waals surface area contributed by atoms with E-state index >= 15 is 0 Å². The zero-order chi connectivity index (χ0) is 20.5. The van der Waals surface area contributed by atoms with Gasteiger partial charge in [0.15, 0.2) is 11.1 Å². The zero-order valence-corrected chi connectivity index (χ0v) is 21.0. The molecule has 9 heteroatoms. The van der Waals surface area contributed by atoms with Crippen LogP contribution in [0.4, 0.5) is 5.13 Å². The van der Waals surface area contributed by atoms with Gasteiger partial charge in [0.1, 0.15) is 12.4 Å². The van der Waals surface area contributed by atoms with Gasteiger partial charge in [-0.1, -0.05) is 26.0 Å². The highest BCUT2D eigenvalue weighted by Gasteiger charge is 2.19. The van der Waals surface area contributed by atoms with E-state index in [-0.39, 0.29) is 24.0 Å². The summed E-state index contributed by atoms with van der Waals surface area (Å²) in [5.41, 5.74) is 7.36. The Morgan fingerprint density at radius 3 is 2.47 bits per heavy atom. The molecule has 0 bridgehead atoms. The van der Waals surface area contributed by atoms with Gasteiger partial charge in [0.25, 0.3) is 0 Å². The van der Waals surface area contributed by atoms with Crippen LogP contribution >= 0.6 is 35.3 Å². The predicted molar refractivity (Wildman–Crippen MR) is 136 cm³/mol. The first-order valence-corrected chi connectivity index (χ1v) is 11.2. The lowest BCUT2D eigenvalue weighted by molar-refractivity contribution is 0.223. The van der Waals surface area contributed by atoms with Gasteiger partial charge >= 0.3 is 0 Å². The minimum Gasteiger partial charge on any atom is -0.492 e. The maximum absolute atomic E-state index is 6.23. The van der Waals surface area contributed by atoms with E-state index in [1.165, 1.54) is 0 Å². The van der Waals surface area contributed by atoms with Crippen LogP contribution in [0.5, 0.6) is 5.75 Å². The number of benzene rings is 1. The minimum absolute atomic E-state index is 0. The second-order valence-corrected chi connectivity index (χ2v) is 7.86. The number of ether oxygens (including phenoxy) is 1. The van der Waals surface area contributed by atoms with Crippen molar-refractivity contribution in [1.29, 1.82) is 0 Å². The topological polar surface area (TPSA) is 70.2 Å². The van der Waals surface area contributed by atoms with Crippen molar-refractivity contribution in [2.24, 2.45) is 10.7 Å². The van der Waals surface area contributed by atoms with E-state index < -0.39 is 0 Å². The molecule has 0 saturated carbocycles. The van der Waals surface area contributed by atoms with Crippen molar-refractivity contribution in [3.63, 3.8) is 0 Å². The van der Waals surface area contributed by atoms with Gasteiger partial charge in [0, 0.05) is 44.3 Å². The smallest absolute Gasteiger partial charge is 0.191 e. The van der Waals surface area contributed by atoms with Crippen molar-refractivity contribution >= 4 is 46.4 Å². The number of anilines is 1. The van der Waals surface area contributed by atoms with Crippen molar-refractivity contribution in [3.8, 4) is 5.75 Å². The number of thiazole rings is 1. The summed E-state index contributed by atoms with van der Waals surface area (Å²) in [6.45, 7) is 12.3. The number of piperazine rings is 1. The Balaban J connectivity index is 0.00000320. The highest BCUT2D eigenvalue weighted by molar-refractivity contribution is 14.0. The van der Waals surface area contributed by atoms with Crippen LogP contribution in [0, 0.1) is 0 Å². The van der Waals surface area contributed by atoms with Crippen LogP contribution in [0.1, 0.15) is 19.4 Å². The third kappa shape index (κ3) is 7.28. The van der Waals surface area contributed by atoms with Gasteiger partial charge in [-0.05, 0) is 30.8 Å². The van der Waals surface area contributed by atoms with Gasteiger partial charge in [-0.15, -0.1) is 35.3 Å². The summed E-state index contributed by atoms with van der Waals surface area (Å²) in [6.07, 6.45) is 1.85. The maximum atomic E-state index is 6.23. The number of nitrogens with two attached hydrogens (primary N) is 1. The Kier molecular flexibility index (Phi) is 10.7. The highest BCUT2D eigenvalue weighted by atomic mass is 127. The molecular weight excluding hydrogens is 511 g/mol. The van der Waals surface area contributed by atoms with Gasteiger partial charge in [-0.2, -0.15) is 0 Å². The molecule has 30 heavy (non-hydrogen) atoms. The predicted octanol–water partition coefficient (Wildman–Crippen LogP) is 3.12. The molecule has 0 amide bonds. The standard InChI is InChI=1S/C21H32N6OS.HI/c1-3-25(4-2)14-15-28-19-7-5-18(6-8-19)17-24-20(22)26-10-12-27(13-11-26)21-23-9-16-29-21;/h5-9,16H,3-4,10-15,17H2,1-2H3,(H2,22,24);1H. The average molecular weight is 545 g/mol. The van der Waals surface area contributed by atoms with Gasteiger partial charge in [0.2, 0.25) is 0 Å². The van der Waals surface area contributed by atoms with Crippen molar-refractivity contribution in [2.45, 2.75) is 20.4 Å². The molecule has 0 unspecified atom stereocenters. The maximum Gasteiger partial charge on any atom is 0.191 e. The summed E-state index contributed by atoms with van der Waals surface area (Å²) < 4.78 is 5.84. The van der Waals surface area contributed by atoms with E-state index in [0.717, 1.165) is 62.3 Å². The first kappa shape index (κ1) is 24.7. The summed E-state index contributed by atoms with van der Waals surface area (Å²) >= 11 is 1.68. The number of guanidine groups is 1. The molecule has 1 saturated heterocycles. The summed E-state index contributed by atoms with van der Waals surface area (Å²) in [6, 6.07) is 8.14. The molecule has 0 atom stereocenters. The van der Waals surface area contributed by atoms with E-state index in [9.17, 15) is 0 Å². The van der Waals surface area contributed by atoms with Gasteiger partial charge in [-0.3, -0.25) is 0 Å². The Morgan fingerprint density at radius 1 is 1.17 bits per heavy atom. The van der Waals surface area contributed by atoms with Crippen LogP contribution < -0.4 is 15.4 Å². The van der Waals surface area contributed by atoms with Gasteiger partial charge in [-0.25, -0.2) is 9.98 Å². The minimum atomic E-state index is 0. The van der Waals surface area contributed by atoms with E-state index in [1.807, 2.05) is 23.7 Å². The van der Waals surface area contributed by atoms with Crippen molar-refractivity contribution in [3.05, 3.63) is 41.4 Å². The number of aromatic nitrogens is 1. The zero-order valence-electron chi connectivity index (χ0n) is 17.9. The van der Waals surface area contributed by atoms with Crippen LogP contribution in [0.3, 0.4) is 0 Å². The van der Waals surface area contributed by atoms with Crippen LogP contribution in [0.25, 0.3) is 0 Å². The average Bonchev–Trinajstić information content (AvgIpc) is 3.31. The number of nitrogens with zero attached hydrogens (tertiary/aromatic N) is 5. The van der Waals surface area contributed by atoms with Crippen LogP contribution in [0.2, 0.25) is 0 Å². The highest BCUT2D eigenvalue weighted by Crippen LogP contribution is 2.19. The molecule has 1 aromatic heterocycles. The quantitative estimate of drug-likeness (QED) is 0.297. The molecule has 7 nitrogen and oxygen atoms in total. The van der Waals surface area contributed by atoms with Gasteiger partial charge in [0.05, 0.1) is 6.54 Å². The lowest BCUT2D eigenvalue weighted by Gasteiger charge is -2.35. The molecule has 1 aliphatic rings. The fourth-order valence-electron chi connectivity index (χ4n) is 3.29. The summed E-state index contributed by atoms with van der Waals surface area (Å²) in [5.74, 6) is 1.51. The van der Waals surface area contributed by atoms with E-state index in [0.29, 0.717) is 19.1 Å². The Morgan fingerprint density at radius 2 is 1.87 bits per heavy atom. The molecule has 2 heterocycles. The summed E-state index contributed by atoms with van der Waals surface area (Å²) in [5, 5.41) is 3.10. The van der Waals surface area contributed by atoms with Crippen molar-refractivity contribution < 1.29 is 4.74 Å². The first-order chi connectivity index (χ1) is 14.2. The van der Waals surface area contributed by atoms with E-state index in [2.05, 4.69) is 50.7 Å². The molecule has 2 aromatic rings. The number of hydrogen-bond acceptors (Lipinski definition) is 6. The van der Waals surface area contributed by atoms with E-state index in [1.54, 1.807) is 11.3 Å². The lowest BCUT2D eigenvalue weighted by Crippen LogP contribution is -2.51. The number of likely N-dealkylation sites (N-methyl/N-ethyl adjacent to an activating group) is 1. The summed E-state index contributed by atoms with van der Waals surface area (Å²) in [4.78, 5) is 15.8. The van der Waals surface area contributed by atoms with Gasteiger partial charge < -0.3 is 25.2 Å². The first-order valence-electron chi connectivity index (χ1n) is 10.3. The molecule has 1 fully saturated rings. The van der Waals surface area contributed by atoms with Crippen molar-refractivity contribution in [1.82, 2.24) is 14.8 Å². The third-order valence-electron chi connectivity index (χ3n) is 5.21. The Labute approximate surface area is 200 Å². The molecule has 2 N–H and O–H groups in total. The van der Waals surface area contributed by atoms with Crippen LogP contribution in [0.15, 0.2) is 40.8 Å². The second kappa shape index (κ2) is 13.0. The fraction of sp³-hybridized carbons (Fsp3) is 0.524. The molecule has 3 rings (SSSR count). The molecule has 166 valence electrons. The number of rotatable bonds is 9. The molecule has 0 spiro atoms. The molecule has 0 radical (unpaired) electrons. The number of halogens is 1. The second-order valence-electron chi connectivity index (χ2n) is 6.98. The molecular formula is C21H33IN6OS. The normalized spacial score (nSPS) is 14.7.